The SMILES string of the molecule is CCCCCC(CCCCC)CCOC(=O)CCCCCCCC(=O)OC1[C@@H](COC(=O)CCCN(C)C)O[C@@H](OC(=O)CCCCCCCC(=O)OCCC(CCCCC)CCCCC)[C@H]1OC(=O)CCCCCCCC(=O)OCCC(CCCCC)CCCCC. The molecule has 0 aliphatic carbocycles. The van der Waals surface area contributed by atoms with Crippen molar-refractivity contribution in [3.05, 3.63) is 0 Å². The van der Waals surface area contributed by atoms with Gasteiger partial charge in [0.05, 0.1) is 19.8 Å². The smallest absolute Gasteiger partial charge is 0.308 e. The van der Waals surface area contributed by atoms with Crippen molar-refractivity contribution in [2.45, 2.75) is 387 Å². The fraction of sp³-hybridized carbons (Fsp3) is 0.909. The summed E-state index contributed by atoms with van der Waals surface area (Å²) in [5.41, 5.74) is 0. The molecular weight excluding hydrogens is 1180 g/mol. The average Bonchev–Trinajstić information content (AvgIpc) is 1.70. The molecule has 544 valence electrons. The molecule has 0 spiro atoms. The largest absolute Gasteiger partial charge is 0.466 e. The van der Waals surface area contributed by atoms with Crippen LogP contribution in [0, 0.1) is 17.8 Å². The fourth-order valence-corrected chi connectivity index (χ4v) is 12.4. The van der Waals surface area contributed by atoms with Gasteiger partial charge in [-0.25, -0.2) is 0 Å². The van der Waals surface area contributed by atoms with Crippen LogP contribution in [0.4, 0.5) is 0 Å². The Balaban J connectivity index is 2.96. The van der Waals surface area contributed by atoms with Gasteiger partial charge in [-0.05, 0) is 103 Å². The van der Waals surface area contributed by atoms with Gasteiger partial charge in [0.1, 0.15) is 12.7 Å². The number of unbranched alkanes of at least 4 members (excludes halogenated alkanes) is 24. The first-order valence-corrected chi connectivity index (χ1v) is 38.7. The number of carbonyl (C=O) groups is 7. The van der Waals surface area contributed by atoms with Gasteiger partial charge >= 0.3 is 41.8 Å². The van der Waals surface area contributed by atoms with Crippen molar-refractivity contribution in [1.82, 2.24) is 4.90 Å². The fourth-order valence-electron chi connectivity index (χ4n) is 12.4. The summed E-state index contributed by atoms with van der Waals surface area (Å²) in [6.45, 7) is 15.1. The normalized spacial score (nSPS) is 15.5. The Kier molecular flexibility index (Phi) is 57.9. The number of carbonyl (C=O) groups excluding carboxylic acids is 7. The Morgan fingerprint density at radius 2 is 0.570 bits per heavy atom. The van der Waals surface area contributed by atoms with Crippen molar-refractivity contribution in [3.8, 4) is 0 Å². The molecule has 0 saturated carbocycles. The minimum Gasteiger partial charge on any atom is -0.466 e. The predicted molar refractivity (Wildman–Crippen MR) is 372 cm³/mol. The lowest BCUT2D eigenvalue weighted by Crippen LogP contribution is -2.42. The first-order chi connectivity index (χ1) is 45.2. The first kappa shape index (κ1) is 87.2. The minimum atomic E-state index is -1.43. The highest BCUT2D eigenvalue weighted by atomic mass is 16.8. The van der Waals surface area contributed by atoms with Crippen molar-refractivity contribution in [2.75, 3.05) is 47.1 Å². The molecular formula is C77H141NO15. The zero-order valence-electron chi connectivity index (χ0n) is 61.0. The maximum absolute atomic E-state index is 13.7. The summed E-state index contributed by atoms with van der Waals surface area (Å²) < 4.78 is 46.9. The van der Waals surface area contributed by atoms with E-state index in [1.54, 1.807) is 0 Å². The van der Waals surface area contributed by atoms with Gasteiger partial charge in [0.25, 0.3) is 0 Å². The molecule has 1 aliphatic heterocycles. The van der Waals surface area contributed by atoms with E-state index in [-0.39, 0.29) is 50.2 Å². The second kappa shape index (κ2) is 61.8. The molecule has 16 heteroatoms. The average molecular weight is 1320 g/mol. The lowest BCUT2D eigenvalue weighted by molar-refractivity contribution is -0.200. The minimum absolute atomic E-state index is 0.0515. The van der Waals surface area contributed by atoms with Crippen molar-refractivity contribution in [2.24, 2.45) is 17.8 Å². The Morgan fingerprint density at radius 1 is 0.301 bits per heavy atom. The van der Waals surface area contributed by atoms with Gasteiger partial charge in [-0.15, -0.1) is 0 Å². The highest BCUT2D eigenvalue weighted by Gasteiger charge is 2.52. The van der Waals surface area contributed by atoms with Crippen LogP contribution in [0.1, 0.15) is 363 Å². The van der Waals surface area contributed by atoms with Crippen molar-refractivity contribution in [1.29, 1.82) is 0 Å². The quantitative estimate of drug-likeness (QED) is 0.0316. The van der Waals surface area contributed by atoms with E-state index in [1.165, 1.54) is 154 Å². The molecule has 93 heavy (non-hydrogen) atoms. The van der Waals surface area contributed by atoms with Gasteiger partial charge < -0.3 is 42.8 Å². The molecule has 4 atom stereocenters. The van der Waals surface area contributed by atoms with Gasteiger partial charge in [-0.3, -0.25) is 33.6 Å². The van der Waals surface area contributed by atoms with Crippen LogP contribution in [-0.2, 0) is 71.5 Å². The van der Waals surface area contributed by atoms with E-state index in [4.69, 9.17) is 37.9 Å². The maximum atomic E-state index is 13.7. The Bertz CT molecular complexity index is 1820. The number of nitrogens with zero attached hydrogens (tertiary/aromatic N) is 1. The molecule has 1 saturated heterocycles. The standard InChI is InChI=1S/C77H141NO15/c1-9-15-30-43-64(44-31-16-10-2)56-60-86-68(79)49-36-24-21-27-39-52-72(83)91-75-67(63-89-71(82)55-42-59-78(7)8)90-77(93-74(85)54-41-29-23-26-38-51-70(81)88-62-58-66(47-34-19-13-5)48-35-20-14-6)76(75)92-73(84)53-40-28-22-25-37-50-69(80)87-61-57-65(45-32-17-11-3)46-33-18-12-4/h64-67,75-77H,9-63H2,1-8H3/t67-,75?,76+,77+/m1/s1. The van der Waals surface area contributed by atoms with Crippen LogP contribution in [0.15, 0.2) is 0 Å². The Morgan fingerprint density at radius 3 is 0.882 bits per heavy atom. The molecule has 0 N–H and O–H groups in total. The van der Waals surface area contributed by atoms with Crippen LogP contribution >= 0.6 is 0 Å². The van der Waals surface area contributed by atoms with Crippen LogP contribution < -0.4 is 0 Å². The molecule has 1 aliphatic rings. The lowest BCUT2D eigenvalue weighted by atomic mass is 9.92. The molecule has 0 aromatic carbocycles. The summed E-state index contributed by atoms with van der Waals surface area (Å²) >= 11 is 0. The second-order valence-corrected chi connectivity index (χ2v) is 27.4. The van der Waals surface area contributed by atoms with E-state index >= 15 is 0 Å². The summed E-state index contributed by atoms with van der Waals surface area (Å²) in [5, 5.41) is 0. The van der Waals surface area contributed by atoms with E-state index in [0.717, 1.165) is 77.0 Å². The summed E-state index contributed by atoms with van der Waals surface area (Å²) in [6.07, 6.45) is 39.6. The number of hydrogen-bond acceptors (Lipinski definition) is 16. The molecule has 16 nitrogen and oxygen atoms in total. The Hall–Kier alpha value is -3.79. The summed E-state index contributed by atoms with van der Waals surface area (Å²) in [4.78, 5) is 93.9. The molecule has 0 amide bonds. The van der Waals surface area contributed by atoms with Crippen LogP contribution in [0.3, 0.4) is 0 Å². The van der Waals surface area contributed by atoms with Crippen LogP contribution in [0.5, 0.6) is 0 Å². The number of hydrogen-bond donors (Lipinski definition) is 0. The topological polar surface area (TPSA) is 197 Å². The monoisotopic (exact) mass is 1320 g/mol. The van der Waals surface area contributed by atoms with Crippen molar-refractivity contribution < 1.29 is 71.5 Å². The third-order valence-electron chi connectivity index (χ3n) is 18.4. The van der Waals surface area contributed by atoms with E-state index in [2.05, 4.69) is 41.5 Å². The molecule has 0 bridgehead atoms. The first-order valence-electron chi connectivity index (χ1n) is 38.7. The molecule has 1 rings (SSSR count). The maximum Gasteiger partial charge on any atom is 0.308 e. The summed E-state index contributed by atoms with van der Waals surface area (Å²) in [5.74, 6) is -0.837. The zero-order valence-corrected chi connectivity index (χ0v) is 61.0. The highest BCUT2D eigenvalue weighted by Crippen LogP contribution is 2.31. The lowest BCUT2D eigenvalue weighted by Gasteiger charge is -2.24. The third-order valence-corrected chi connectivity index (χ3v) is 18.4. The van der Waals surface area contributed by atoms with Gasteiger partial charge in [0, 0.05) is 44.9 Å². The van der Waals surface area contributed by atoms with Crippen LogP contribution in [-0.4, -0.2) is 118 Å². The summed E-state index contributed by atoms with van der Waals surface area (Å²) in [6, 6.07) is 0. The number of esters is 7. The highest BCUT2D eigenvalue weighted by molar-refractivity contribution is 5.72. The summed E-state index contributed by atoms with van der Waals surface area (Å²) in [7, 11) is 3.84. The van der Waals surface area contributed by atoms with E-state index in [0.29, 0.717) is 108 Å². The van der Waals surface area contributed by atoms with Crippen molar-refractivity contribution >= 4 is 41.8 Å². The number of ether oxygens (including phenoxy) is 8. The van der Waals surface area contributed by atoms with Gasteiger partial charge in [-0.1, -0.05) is 253 Å². The van der Waals surface area contributed by atoms with Gasteiger partial charge in [0.2, 0.25) is 12.4 Å². The number of rotatable bonds is 66. The molecule has 0 aromatic rings. The van der Waals surface area contributed by atoms with Crippen LogP contribution in [0.2, 0.25) is 0 Å². The zero-order chi connectivity index (χ0) is 68.2. The van der Waals surface area contributed by atoms with Crippen LogP contribution in [0.25, 0.3) is 0 Å². The van der Waals surface area contributed by atoms with E-state index in [9.17, 15) is 33.6 Å². The van der Waals surface area contributed by atoms with Gasteiger partial charge in [0.15, 0.2) is 6.10 Å². The second-order valence-electron chi connectivity index (χ2n) is 27.4. The third kappa shape index (κ3) is 51.2. The molecule has 1 heterocycles. The molecule has 1 fully saturated rings. The molecule has 0 aromatic heterocycles. The predicted octanol–water partition coefficient (Wildman–Crippen LogP) is 19.3. The van der Waals surface area contributed by atoms with Gasteiger partial charge in [-0.2, -0.15) is 0 Å². The van der Waals surface area contributed by atoms with E-state index < -0.39 is 48.5 Å². The molecule has 1 unspecified atom stereocenters. The van der Waals surface area contributed by atoms with E-state index in [1.807, 2.05) is 19.0 Å². The molecule has 0 radical (unpaired) electrons. The van der Waals surface area contributed by atoms with Crippen molar-refractivity contribution in [3.63, 3.8) is 0 Å². The Labute approximate surface area is 567 Å².